The lowest BCUT2D eigenvalue weighted by Crippen LogP contribution is -2.23. The Labute approximate surface area is 145 Å². The van der Waals surface area contributed by atoms with Crippen LogP contribution in [0, 0.1) is 6.92 Å². The van der Waals surface area contributed by atoms with Gasteiger partial charge in [-0.25, -0.2) is 4.79 Å². The molecule has 130 valence electrons. The zero-order chi connectivity index (χ0) is 17.8. The molecule has 1 aliphatic heterocycles. The molecule has 6 heteroatoms. The largest absolute Gasteiger partial charge is 0.481 e. The van der Waals surface area contributed by atoms with Crippen LogP contribution in [0.4, 0.5) is 4.79 Å². The lowest BCUT2D eigenvalue weighted by atomic mass is 10.1. The third kappa shape index (κ3) is 4.29. The Morgan fingerprint density at radius 1 is 1.28 bits per heavy atom. The molecule has 0 bridgehead atoms. The van der Waals surface area contributed by atoms with E-state index in [0.29, 0.717) is 36.8 Å². The highest BCUT2D eigenvalue weighted by Crippen LogP contribution is 2.28. The van der Waals surface area contributed by atoms with Gasteiger partial charge < -0.3 is 19.5 Å². The van der Waals surface area contributed by atoms with Gasteiger partial charge in [0, 0.05) is 5.56 Å². The fourth-order valence-electron chi connectivity index (χ4n) is 2.73. The number of nitrogens with zero attached hydrogens (tertiary/aromatic N) is 1. The molecule has 0 unspecified atom stereocenters. The number of aliphatic carboxylic acids is 1. The molecule has 0 spiro atoms. The quantitative estimate of drug-likeness (QED) is 0.872. The molecule has 0 saturated carbocycles. The van der Waals surface area contributed by atoms with Gasteiger partial charge in [-0.2, -0.15) is 0 Å². The highest BCUT2D eigenvalue weighted by molar-refractivity contribution is 5.70. The number of aryl methyl sites for hydroxylation is 1. The van der Waals surface area contributed by atoms with Crippen molar-refractivity contribution in [2.45, 2.75) is 19.9 Å². The Kier molecular flexibility index (Phi) is 4.88. The fraction of sp³-hybridized carbons (Fsp3) is 0.263. The number of cyclic esters (lactones) is 1. The summed E-state index contributed by atoms with van der Waals surface area (Å²) in [6.45, 7) is 3.34. The molecule has 0 atom stereocenters. The van der Waals surface area contributed by atoms with Crippen molar-refractivity contribution in [3.8, 4) is 11.5 Å². The molecular formula is C19H19NO5. The number of benzene rings is 2. The maximum Gasteiger partial charge on any atom is 0.410 e. The van der Waals surface area contributed by atoms with E-state index in [9.17, 15) is 9.59 Å². The van der Waals surface area contributed by atoms with Gasteiger partial charge in [-0.3, -0.25) is 4.79 Å². The Balaban J connectivity index is 1.82. The van der Waals surface area contributed by atoms with Crippen LogP contribution in [0.2, 0.25) is 0 Å². The van der Waals surface area contributed by atoms with Crippen molar-refractivity contribution in [1.82, 2.24) is 4.90 Å². The molecule has 1 amide bonds. The standard InChI is InChI=1S/C19H19NO5/c1-13-5-6-17(15(9-13)12-20-7-8-24-19(20)23)25-16-4-2-3-14(10-16)11-18(21)22/h2-6,9-10H,7-8,11-12H2,1H3,(H,21,22). The minimum atomic E-state index is -0.888. The van der Waals surface area contributed by atoms with Crippen molar-refractivity contribution < 1.29 is 24.2 Å². The predicted molar refractivity (Wildman–Crippen MR) is 90.8 cm³/mol. The van der Waals surface area contributed by atoms with Crippen LogP contribution in [-0.4, -0.2) is 35.2 Å². The third-order valence-corrected chi connectivity index (χ3v) is 3.90. The average molecular weight is 341 g/mol. The number of carbonyl (C=O) groups is 2. The lowest BCUT2D eigenvalue weighted by Gasteiger charge is -2.17. The molecule has 0 radical (unpaired) electrons. The molecule has 3 rings (SSSR count). The maximum absolute atomic E-state index is 11.7. The van der Waals surface area contributed by atoms with Crippen molar-refractivity contribution in [2.75, 3.05) is 13.2 Å². The van der Waals surface area contributed by atoms with Crippen molar-refractivity contribution in [1.29, 1.82) is 0 Å². The molecule has 2 aromatic carbocycles. The molecule has 0 aliphatic carbocycles. The van der Waals surface area contributed by atoms with E-state index in [0.717, 1.165) is 11.1 Å². The van der Waals surface area contributed by atoms with E-state index in [2.05, 4.69) is 0 Å². The summed E-state index contributed by atoms with van der Waals surface area (Å²) in [7, 11) is 0. The Bertz CT molecular complexity index is 802. The summed E-state index contributed by atoms with van der Waals surface area (Å²) in [6, 6.07) is 12.8. The van der Waals surface area contributed by atoms with E-state index >= 15 is 0 Å². The second-order valence-electron chi connectivity index (χ2n) is 5.97. The van der Waals surface area contributed by atoms with Crippen LogP contribution in [0.25, 0.3) is 0 Å². The summed E-state index contributed by atoms with van der Waals surface area (Å²) in [5.41, 5.74) is 2.61. The number of hydrogen-bond donors (Lipinski definition) is 1. The van der Waals surface area contributed by atoms with Gasteiger partial charge in [0.1, 0.15) is 18.1 Å². The maximum atomic E-state index is 11.7. The number of carbonyl (C=O) groups excluding carboxylic acids is 1. The van der Waals surface area contributed by atoms with E-state index in [-0.39, 0.29) is 12.5 Å². The van der Waals surface area contributed by atoms with Crippen LogP contribution >= 0.6 is 0 Å². The number of amides is 1. The third-order valence-electron chi connectivity index (χ3n) is 3.90. The van der Waals surface area contributed by atoms with Gasteiger partial charge in [0.2, 0.25) is 0 Å². The van der Waals surface area contributed by atoms with Crippen molar-refractivity contribution in [3.63, 3.8) is 0 Å². The second kappa shape index (κ2) is 7.25. The van der Waals surface area contributed by atoms with E-state index in [4.69, 9.17) is 14.6 Å². The molecule has 1 saturated heterocycles. The highest BCUT2D eigenvalue weighted by atomic mass is 16.6. The minimum Gasteiger partial charge on any atom is -0.481 e. The van der Waals surface area contributed by atoms with E-state index < -0.39 is 5.97 Å². The van der Waals surface area contributed by atoms with Crippen LogP contribution in [0.5, 0.6) is 11.5 Å². The van der Waals surface area contributed by atoms with Gasteiger partial charge in [-0.15, -0.1) is 0 Å². The van der Waals surface area contributed by atoms with Crippen molar-refractivity contribution in [2.24, 2.45) is 0 Å². The van der Waals surface area contributed by atoms with E-state index in [1.807, 2.05) is 25.1 Å². The average Bonchev–Trinajstić information content (AvgIpc) is 2.95. The summed E-state index contributed by atoms with van der Waals surface area (Å²) in [6.07, 6.45) is -0.381. The normalized spacial score (nSPS) is 13.6. The Hall–Kier alpha value is -3.02. The van der Waals surface area contributed by atoms with Crippen molar-refractivity contribution >= 4 is 12.1 Å². The molecule has 1 heterocycles. The number of carboxylic acids is 1. The first-order chi connectivity index (χ1) is 12.0. The first-order valence-electron chi connectivity index (χ1n) is 8.01. The van der Waals surface area contributed by atoms with Crippen molar-refractivity contribution in [3.05, 3.63) is 59.2 Å². The number of ether oxygens (including phenoxy) is 2. The van der Waals surface area contributed by atoms with Gasteiger partial charge in [0.05, 0.1) is 19.5 Å². The summed E-state index contributed by atoms with van der Waals surface area (Å²) in [5.74, 6) is 0.311. The van der Waals surface area contributed by atoms with Crippen LogP contribution in [0.1, 0.15) is 16.7 Å². The molecule has 1 aliphatic rings. The molecule has 25 heavy (non-hydrogen) atoms. The molecule has 1 N–H and O–H groups in total. The first kappa shape index (κ1) is 16.8. The highest BCUT2D eigenvalue weighted by Gasteiger charge is 2.23. The topological polar surface area (TPSA) is 76.1 Å². The monoisotopic (exact) mass is 341 g/mol. The van der Waals surface area contributed by atoms with Crippen LogP contribution in [0.3, 0.4) is 0 Å². The van der Waals surface area contributed by atoms with Gasteiger partial charge in [-0.1, -0.05) is 29.8 Å². The lowest BCUT2D eigenvalue weighted by molar-refractivity contribution is -0.136. The smallest absolute Gasteiger partial charge is 0.410 e. The molecule has 6 nitrogen and oxygen atoms in total. The summed E-state index contributed by atoms with van der Waals surface area (Å²) in [4.78, 5) is 24.2. The summed E-state index contributed by atoms with van der Waals surface area (Å²) < 4.78 is 10.9. The number of hydrogen-bond acceptors (Lipinski definition) is 4. The van der Waals surface area contributed by atoms with Gasteiger partial charge in [0.25, 0.3) is 0 Å². The summed E-state index contributed by atoms with van der Waals surface area (Å²) >= 11 is 0. The molecular weight excluding hydrogens is 322 g/mol. The second-order valence-corrected chi connectivity index (χ2v) is 5.97. The number of rotatable bonds is 6. The minimum absolute atomic E-state index is 0.0580. The molecule has 0 aromatic heterocycles. The Morgan fingerprint density at radius 2 is 2.12 bits per heavy atom. The van der Waals surface area contributed by atoms with E-state index in [1.54, 1.807) is 29.2 Å². The fourth-order valence-corrected chi connectivity index (χ4v) is 2.73. The number of carboxylic acid groups (broad SMARTS) is 1. The summed E-state index contributed by atoms with van der Waals surface area (Å²) in [5, 5.41) is 8.92. The SMILES string of the molecule is Cc1ccc(Oc2cccc(CC(=O)O)c2)c(CN2CCOC2=O)c1. The van der Waals surface area contributed by atoms with E-state index in [1.165, 1.54) is 0 Å². The van der Waals surface area contributed by atoms with Gasteiger partial charge in [-0.05, 0) is 30.7 Å². The first-order valence-corrected chi connectivity index (χ1v) is 8.01. The van der Waals surface area contributed by atoms with Crippen LogP contribution < -0.4 is 4.74 Å². The van der Waals surface area contributed by atoms with Gasteiger partial charge >= 0.3 is 12.1 Å². The zero-order valence-electron chi connectivity index (χ0n) is 13.9. The predicted octanol–water partition coefficient (Wildman–Crippen LogP) is 3.37. The van der Waals surface area contributed by atoms with Crippen LogP contribution in [0.15, 0.2) is 42.5 Å². The Morgan fingerprint density at radius 3 is 2.84 bits per heavy atom. The zero-order valence-corrected chi connectivity index (χ0v) is 13.9. The van der Waals surface area contributed by atoms with Crippen LogP contribution in [-0.2, 0) is 22.5 Å². The van der Waals surface area contributed by atoms with Gasteiger partial charge in [0.15, 0.2) is 0 Å². The molecule has 1 fully saturated rings. The molecule has 2 aromatic rings.